The highest BCUT2D eigenvalue weighted by Gasteiger charge is 2.17. The summed E-state index contributed by atoms with van der Waals surface area (Å²) in [6.07, 6.45) is 0.656. The van der Waals surface area contributed by atoms with Crippen LogP contribution in [0.2, 0.25) is 0 Å². The number of hydrogen-bond donors (Lipinski definition) is 1. The molecule has 0 saturated carbocycles. The lowest BCUT2D eigenvalue weighted by Gasteiger charge is -2.15. The van der Waals surface area contributed by atoms with Crippen molar-refractivity contribution in [3.8, 4) is 11.5 Å². The monoisotopic (exact) mass is 186 g/mol. The molecule has 0 saturated heterocycles. The van der Waals surface area contributed by atoms with Gasteiger partial charge in [0.15, 0.2) is 11.5 Å². The molecular formula is C8H10O3S. The predicted octanol–water partition coefficient (Wildman–Crippen LogP) is 1.05. The van der Waals surface area contributed by atoms with Gasteiger partial charge in [-0.05, 0) is 0 Å². The van der Waals surface area contributed by atoms with Gasteiger partial charge in [-0.25, -0.2) is 0 Å². The zero-order chi connectivity index (χ0) is 8.39. The van der Waals surface area contributed by atoms with E-state index in [0.29, 0.717) is 19.6 Å². The molecule has 0 atom stereocenters. The maximum atomic E-state index is 8.75. The summed E-state index contributed by atoms with van der Waals surface area (Å²) in [6.45, 7) is 1.40. The van der Waals surface area contributed by atoms with Crippen LogP contribution in [0.4, 0.5) is 0 Å². The largest absolute Gasteiger partial charge is 0.485 e. The van der Waals surface area contributed by atoms with Crippen LogP contribution < -0.4 is 9.47 Å². The maximum Gasteiger partial charge on any atom is 0.175 e. The second kappa shape index (κ2) is 3.33. The van der Waals surface area contributed by atoms with E-state index < -0.39 is 0 Å². The van der Waals surface area contributed by atoms with Crippen LogP contribution in [-0.4, -0.2) is 24.9 Å². The van der Waals surface area contributed by atoms with Crippen LogP contribution in [0, 0.1) is 0 Å². The molecule has 0 amide bonds. The molecule has 3 nitrogen and oxygen atoms in total. The molecule has 66 valence electrons. The highest BCUT2D eigenvalue weighted by molar-refractivity contribution is 7.10. The van der Waals surface area contributed by atoms with Crippen molar-refractivity contribution in [1.82, 2.24) is 0 Å². The van der Waals surface area contributed by atoms with E-state index in [-0.39, 0.29) is 6.61 Å². The summed E-state index contributed by atoms with van der Waals surface area (Å²) in [5.41, 5.74) is 0. The van der Waals surface area contributed by atoms with Gasteiger partial charge in [0.1, 0.15) is 13.2 Å². The predicted molar refractivity (Wildman–Crippen MR) is 46.1 cm³/mol. The van der Waals surface area contributed by atoms with E-state index in [2.05, 4.69) is 0 Å². The van der Waals surface area contributed by atoms with Gasteiger partial charge in [-0.15, -0.1) is 11.3 Å². The minimum atomic E-state index is 0.163. The Balaban J connectivity index is 2.25. The zero-order valence-electron chi connectivity index (χ0n) is 6.58. The maximum absolute atomic E-state index is 8.75. The Labute approximate surface area is 74.5 Å². The number of aliphatic hydroxyl groups excluding tert-OH is 1. The van der Waals surface area contributed by atoms with Crippen LogP contribution in [0.15, 0.2) is 5.38 Å². The van der Waals surface area contributed by atoms with E-state index in [1.54, 1.807) is 11.3 Å². The van der Waals surface area contributed by atoms with Gasteiger partial charge in [0.2, 0.25) is 0 Å². The summed E-state index contributed by atoms with van der Waals surface area (Å²) in [4.78, 5) is 1.08. The second-order valence-electron chi connectivity index (χ2n) is 2.52. The molecule has 1 N–H and O–H groups in total. The molecule has 0 aromatic carbocycles. The molecule has 1 aliphatic rings. The first-order valence-corrected chi connectivity index (χ1v) is 4.76. The van der Waals surface area contributed by atoms with Crippen LogP contribution in [0.25, 0.3) is 0 Å². The Bertz CT molecular complexity index is 269. The van der Waals surface area contributed by atoms with E-state index in [0.717, 1.165) is 16.4 Å². The third-order valence-corrected chi connectivity index (χ3v) is 2.72. The summed E-state index contributed by atoms with van der Waals surface area (Å²) in [5, 5.41) is 10.7. The van der Waals surface area contributed by atoms with Crippen molar-refractivity contribution in [3.05, 3.63) is 10.3 Å². The van der Waals surface area contributed by atoms with E-state index in [9.17, 15) is 0 Å². The molecule has 2 heterocycles. The Hall–Kier alpha value is -0.740. The van der Waals surface area contributed by atoms with Crippen LogP contribution in [0.1, 0.15) is 4.88 Å². The molecule has 1 aliphatic heterocycles. The number of ether oxygens (including phenoxy) is 2. The van der Waals surface area contributed by atoms with Gasteiger partial charge in [-0.2, -0.15) is 0 Å². The Morgan fingerprint density at radius 3 is 3.08 bits per heavy atom. The van der Waals surface area contributed by atoms with Gasteiger partial charge in [0.05, 0.1) is 4.88 Å². The average Bonchev–Trinajstić information content (AvgIpc) is 2.50. The van der Waals surface area contributed by atoms with Gasteiger partial charge in [0, 0.05) is 18.4 Å². The lowest BCUT2D eigenvalue weighted by Crippen LogP contribution is -2.14. The van der Waals surface area contributed by atoms with Crippen molar-refractivity contribution < 1.29 is 14.6 Å². The van der Waals surface area contributed by atoms with E-state index in [4.69, 9.17) is 14.6 Å². The summed E-state index contributed by atoms with van der Waals surface area (Å²) < 4.78 is 10.8. The lowest BCUT2D eigenvalue weighted by atomic mass is 10.3. The summed E-state index contributed by atoms with van der Waals surface area (Å²) in [7, 11) is 0. The van der Waals surface area contributed by atoms with E-state index in [1.807, 2.05) is 5.38 Å². The number of fused-ring (bicyclic) bond motifs is 1. The Morgan fingerprint density at radius 2 is 2.25 bits per heavy atom. The minimum Gasteiger partial charge on any atom is -0.485 e. The molecule has 1 aromatic rings. The fourth-order valence-corrected chi connectivity index (χ4v) is 2.09. The first-order valence-electron chi connectivity index (χ1n) is 3.88. The molecule has 4 heteroatoms. The standard InChI is InChI=1S/C8H10O3S/c9-2-1-7-8-6(5-12-7)10-3-4-11-8/h5,9H,1-4H2. The van der Waals surface area contributed by atoms with Crippen molar-refractivity contribution in [1.29, 1.82) is 0 Å². The van der Waals surface area contributed by atoms with Gasteiger partial charge in [-0.3, -0.25) is 0 Å². The molecule has 0 fully saturated rings. The van der Waals surface area contributed by atoms with E-state index >= 15 is 0 Å². The topological polar surface area (TPSA) is 38.7 Å². The first-order chi connectivity index (χ1) is 5.92. The number of rotatable bonds is 2. The van der Waals surface area contributed by atoms with Gasteiger partial charge in [0.25, 0.3) is 0 Å². The first kappa shape index (κ1) is 7.89. The average molecular weight is 186 g/mol. The smallest absolute Gasteiger partial charge is 0.175 e. The molecule has 0 spiro atoms. The van der Waals surface area contributed by atoms with Crippen molar-refractivity contribution >= 4 is 11.3 Å². The summed E-state index contributed by atoms with van der Waals surface area (Å²) in [6, 6.07) is 0. The number of hydrogen-bond acceptors (Lipinski definition) is 4. The van der Waals surface area contributed by atoms with Gasteiger partial charge >= 0.3 is 0 Å². The highest BCUT2D eigenvalue weighted by atomic mass is 32.1. The third-order valence-electron chi connectivity index (χ3n) is 1.71. The Morgan fingerprint density at radius 1 is 1.42 bits per heavy atom. The summed E-state index contributed by atoms with van der Waals surface area (Å²) in [5.74, 6) is 1.66. The minimum absolute atomic E-state index is 0.163. The SMILES string of the molecule is OCCc1scc2c1OCCO2. The molecule has 0 unspecified atom stereocenters. The van der Waals surface area contributed by atoms with Crippen molar-refractivity contribution in [3.63, 3.8) is 0 Å². The van der Waals surface area contributed by atoms with Crippen LogP contribution in [0.3, 0.4) is 0 Å². The van der Waals surface area contributed by atoms with Crippen molar-refractivity contribution in [2.75, 3.05) is 19.8 Å². The van der Waals surface area contributed by atoms with Gasteiger partial charge < -0.3 is 14.6 Å². The Kier molecular flexibility index (Phi) is 2.19. The quantitative estimate of drug-likeness (QED) is 0.750. The number of thiophene rings is 1. The van der Waals surface area contributed by atoms with Crippen molar-refractivity contribution in [2.24, 2.45) is 0 Å². The second-order valence-corrected chi connectivity index (χ2v) is 3.49. The third kappa shape index (κ3) is 1.28. The summed E-state index contributed by atoms with van der Waals surface area (Å²) >= 11 is 1.58. The van der Waals surface area contributed by atoms with Gasteiger partial charge in [-0.1, -0.05) is 0 Å². The molecule has 1 aromatic heterocycles. The highest BCUT2D eigenvalue weighted by Crippen LogP contribution is 2.39. The normalized spacial score (nSPS) is 14.8. The molecule has 0 radical (unpaired) electrons. The fraction of sp³-hybridized carbons (Fsp3) is 0.500. The van der Waals surface area contributed by atoms with Crippen LogP contribution >= 0.6 is 11.3 Å². The molecule has 2 rings (SSSR count). The number of aliphatic hydroxyl groups is 1. The van der Waals surface area contributed by atoms with E-state index in [1.165, 1.54) is 0 Å². The zero-order valence-corrected chi connectivity index (χ0v) is 7.39. The fourth-order valence-electron chi connectivity index (χ4n) is 1.19. The molecule has 0 bridgehead atoms. The molecule has 12 heavy (non-hydrogen) atoms. The van der Waals surface area contributed by atoms with Crippen LogP contribution in [-0.2, 0) is 6.42 Å². The molecule has 0 aliphatic carbocycles. The lowest BCUT2D eigenvalue weighted by molar-refractivity contribution is 0.171. The van der Waals surface area contributed by atoms with Crippen LogP contribution in [0.5, 0.6) is 11.5 Å². The molecular weight excluding hydrogens is 176 g/mol. The van der Waals surface area contributed by atoms with Crippen molar-refractivity contribution in [2.45, 2.75) is 6.42 Å².